The monoisotopic (exact) mass is 522 g/mol. The zero-order valence-corrected chi connectivity index (χ0v) is 18.9. The van der Waals surface area contributed by atoms with Gasteiger partial charge in [0.1, 0.15) is 5.82 Å². The lowest BCUT2D eigenvalue weighted by molar-refractivity contribution is -0.121. The number of alkyl halides is 2. The Hall–Kier alpha value is -3.18. The molecule has 3 aromatic rings. The number of aromatic nitrogens is 4. The first kappa shape index (κ1) is 25.4. The number of amides is 1. The number of nitrogens with two attached hydrogens (primary N) is 1. The Bertz CT molecular complexity index is 1340. The van der Waals surface area contributed by atoms with E-state index < -0.39 is 51.3 Å². The molecular formula is C17H17F3N6O6S2. The molecule has 12 nitrogen and oxygen atoms in total. The third kappa shape index (κ3) is 6.23. The number of thioether (sulfide) groups is 1. The van der Waals surface area contributed by atoms with Gasteiger partial charge in [0.05, 0.1) is 17.0 Å². The van der Waals surface area contributed by atoms with Crippen LogP contribution in [0.1, 0.15) is 25.3 Å². The number of nitrogens with one attached hydrogen (secondary N) is 1. The van der Waals surface area contributed by atoms with Crippen molar-refractivity contribution in [1.82, 2.24) is 25.4 Å². The maximum Gasteiger partial charge on any atom is 0.446 e. The fourth-order valence-corrected chi connectivity index (χ4v) is 4.02. The maximum absolute atomic E-state index is 13.7. The van der Waals surface area contributed by atoms with Crippen LogP contribution in [0.2, 0.25) is 0 Å². The molecule has 0 radical (unpaired) electrons. The van der Waals surface area contributed by atoms with E-state index in [-0.39, 0.29) is 34.4 Å². The second kappa shape index (κ2) is 10.4. The molecule has 0 aliphatic rings. The van der Waals surface area contributed by atoms with Crippen molar-refractivity contribution in [3.63, 3.8) is 0 Å². The Balaban J connectivity index is 1.78. The number of sulfonamides is 1. The molecule has 184 valence electrons. The van der Waals surface area contributed by atoms with E-state index in [9.17, 15) is 31.2 Å². The third-order valence-electron chi connectivity index (χ3n) is 4.24. The Kier molecular flexibility index (Phi) is 7.78. The number of benzene rings is 1. The summed E-state index contributed by atoms with van der Waals surface area (Å²) in [5, 5.41) is 18.6. The standard InChI is InChI=1S/C17H17F3N6O6S2/c1-8(22-12(27)4-5-34(21,29)30)7-33-16-13(23-32-25-16)15-24-31-17(28)26(15)9-2-3-11(18)10(6-9)14(19)20/h2-3,6,8,14H,4-5,7H2,1H3,(H,22,27)(H2,21,29,30)/t8-/m0/s1. The Morgan fingerprint density at radius 2 is 2.03 bits per heavy atom. The molecule has 1 aromatic carbocycles. The lowest BCUT2D eigenvalue weighted by atomic mass is 10.2. The number of nitrogens with zero attached hydrogens (tertiary/aromatic N) is 4. The molecule has 0 spiro atoms. The fourth-order valence-electron chi connectivity index (χ4n) is 2.70. The first-order valence-electron chi connectivity index (χ1n) is 9.38. The van der Waals surface area contributed by atoms with E-state index in [1.165, 1.54) is 0 Å². The van der Waals surface area contributed by atoms with Gasteiger partial charge in [-0.05, 0) is 35.4 Å². The largest absolute Gasteiger partial charge is 0.446 e. The van der Waals surface area contributed by atoms with Crippen molar-refractivity contribution >= 4 is 27.7 Å². The van der Waals surface area contributed by atoms with Gasteiger partial charge in [0.2, 0.25) is 21.8 Å². The van der Waals surface area contributed by atoms with Gasteiger partial charge >= 0.3 is 5.76 Å². The molecule has 2 heterocycles. The second-order valence-electron chi connectivity index (χ2n) is 6.93. The predicted molar refractivity (Wildman–Crippen MR) is 111 cm³/mol. The number of hydrogen-bond acceptors (Lipinski definition) is 10. The van der Waals surface area contributed by atoms with E-state index >= 15 is 0 Å². The maximum atomic E-state index is 13.7. The van der Waals surface area contributed by atoms with Crippen molar-refractivity contribution in [3.8, 4) is 17.2 Å². The highest BCUT2D eigenvalue weighted by atomic mass is 32.2. The second-order valence-corrected chi connectivity index (χ2v) is 9.67. The van der Waals surface area contributed by atoms with E-state index in [0.717, 1.165) is 34.5 Å². The molecule has 3 N–H and O–H groups in total. The molecule has 1 atom stereocenters. The summed E-state index contributed by atoms with van der Waals surface area (Å²) in [4.78, 5) is 24.0. The first-order valence-corrected chi connectivity index (χ1v) is 12.1. The van der Waals surface area contributed by atoms with Crippen molar-refractivity contribution in [1.29, 1.82) is 0 Å². The van der Waals surface area contributed by atoms with Gasteiger partial charge in [-0.25, -0.2) is 40.7 Å². The molecule has 0 saturated heterocycles. The lowest BCUT2D eigenvalue weighted by Crippen LogP contribution is -2.35. The average molecular weight is 522 g/mol. The summed E-state index contributed by atoms with van der Waals surface area (Å²) in [7, 11) is -3.78. The van der Waals surface area contributed by atoms with Crippen molar-refractivity contribution in [3.05, 3.63) is 40.1 Å². The van der Waals surface area contributed by atoms with Gasteiger partial charge in [-0.3, -0.25) is 9.32 Å². The van der Waals surface area contributed by atoms with Gasteiger partial charge < -0.3 is 5.32 Å². The van der Waals surface area contributed by atoms with Crippen LogP contribution < -0.4 is 16.2 Å². The zero-order valence-electron chi connectivity index (χ0n) is 17.3. The number of carbonyl (C=O) groups is 1. The predicted octanol–water partition coefficient (Wildman–Crippen LogP) is 1.23. The zero-order chi connectivity index (χ0) is 25.0. The molecular weight excluding hydrogens is 505 g/mol. The van der Waals surface area contributed by atoms with E-state index in [4.69, 9.17) is 9.77 Å². The molecule has 0 aliphatic carbocycles. The molecule has 17 heteroatoms. The van der Waals surface area contributed by atoms with Crippen LogP contribution >= 0.6 is 11.8 Å². The summed E-state index contributed by atoms with van der Waals surface area (Å²) in [6.07, 6.45) is -3.44. The normalized spacial score (nSPS) is 12.8. The summed E-state index contributed by atoms with van der Waals surface area (Å²) < 4.78 is 71.9. The van der Waals surface area contributed by atoms with Crippen LogP contribution in [0, 0.1) is 5.82 Å². The van der Waals surface area contributed by atoms with Crippen molar-refractivity contribution < 1.29 is 35.5 Å². The summed E-state index contributed by atoms with van der Waals surface area (Å²) in [5.41, 5.74) is -1.13. The van der Waals surface area contributed by atoms with Crippen LogP contribution in [-0.4, -0.2) is 51.9 Å². The van der Waals surface area contributed by atoms with E-state index in [1.807, 2.05) is 0 Å². The Morgan fingerprint density at radius 1 is 1.29 bits per heavy atom. The number of halogens is 3. The van der Waals surface area contributed by atoms with Crippen LogP contribution in [0.15, 0.2) is 37.2 Å². The highest BCUT2D eigenvalue weighted by Gasteiger charge is 2.25. The summed E-state index contributed by atoms with van der Waals surface area (Å²) >= 11 is 1.04. The number of hydrogen-bond donors (Lipinski definition) is 2. The number of primary sulfonamides is 1. The molecule has 0 unspecified atom stereocenters. The molecule has 1 amide bonds. The molecule has 0 fully saturated rings. The van der Waals surface area contributed by atoms with Crippen LogP contribution in [0.5, 0.6) is 0 Å². The Labute approximate surface area is 193 Å². The van der Waals surface area contributed by atoms with Gasteiger partial charge in [-0.2, -0.15) is 0 Å². The molecule has 2 aromatic heterocycles. The minimum atomic E-state index is -3.78. The van der Waals surface area contributed by atoms with Gasteiger partial charge in [0.25, 0.3) is 6.43 Å². The van der Waals surface area contributed by atoms with Crippen molar-refractivity contribution in [2.45, 2.75) is 30.8 Å². The number of carbonyl (C=O) groups excluding carboxylic acids is 1. The van der Waals surface area contributed by atoms with Gasteiger partial charge in [-0.15, -0.1) is 0 Å². The summed E-state index contributed by atoms with van der Waals surface area (Å²) in [6, 6.07) is 2.19. The fraction of sp³-hybridized carbons (Fsp3) is 0.353. The van der Waals surface area contributed by atoms with Crippen LogP contribution in [-0.2, 0) is 14.8 Å². The topological polar surface area (TPSA) is 176 Å². The average Bonchev–Trinajstić information content (AvgIpc) is 3.36. The smallest absolute Gasteiger partial charge is 0.353 e. The molecule has 0 saturated carbocycles. The minimum absolute atomic E-state index is 0.0634. The molecule has 34 heavy (non-hydrogen) atoms. The SMILES string of the molecule is C[C@@H](CSc1nonc1-c1noc(=O)n1-c1ccc(F)c(C(F)F)c1)NC(=O)CCS(N)(=O)=O. The Morgan fingerprint density at radius 3 is 2.71 bits per heavy atom. The van der Waals surface area contributed by atoms with Crippen LogP contribution in [0.3, 0.4) is 0 Å². The molecule has 0 bridgehead atoms. The lowest BCUT2D eigenvalue weighted by Gasteiger charge is -2.12. The quantitative estimate of drug-likeness (QED) is 0.368. The highest BCUT2D eigenvalue weighted by molar-refractivity contribution is 7.99. The molecule has 3 rings (SSSR count). The highest BCUT2D eigenvalue weighted by Crippen LogP contribution is 2.30. The van der Waals surface area contributed by atoms with E-state index in [2.05, 4.69) is 25.3 Å². The van der Waals surface area contributed by atoms with Crippen LogP contribution in [0.25, 0.3) is 17.2 Å². The van der Waals surface area contributed by atoms with Gasteiger partial charge in [0, 0.05) is 18.2 Å². The minimum Gasteiger partial charge on any atom is -0.353 e. The van der Waals surface area contributed by atoms with E-state index in [0.29, 0.717) is 0 Å². The van der Waals surface area contributed by atoms with Crippen molar-refractivity contribution in [2.24, 2.45) is 5.14 Å². The number of rotatable bonds is 10. The molecule has 0 aliphatic heterocycles. The van der Waals surface area contributed by atoms with Gasteiger partial charge in [0.15, 0.2) is 10.7 Å². The van der Waals surface area contributed by atoms with Gasteiger partial charge in [-0.1, -0.05) is 16.9 Å². The summed E-state index contributed by atoms with van der Waals surface area (Å²) in [5.74, 6) is -3.24. The van der Waals surface area contributed by atoms with Crippen molar-refractivity contribution in [2.75, 3.05) is 11.5 Å². The third-order valence-corrected chi connectivity index (χ3v) is 6.22. The summed E-state index contributed by atoms with van der Waals surface area (Å²) in [6.45, 7) is 1.64. The van der Waals surface area contributed by atoms with Crippen LogP contribution in [0.4, 0.5) is 13.2 Å². The first-order chi connectivity index (χ1) is 16.0. The van der Waals surface area contributed by atoms with E-state index in [1.54, 1.807) is 6.92 Å².